The first-order valence-corrected chi connectivity index (χ1v) is 7.15. The molecule has 1 aromatic heterocycles. The van der Waals surface area contributed by atoms with Crippen molar-refractivity contribution >= 4 is 17.2 Å². The normalized spacial score (nSPS) is 15.5. The first-order valence-electron chi connectivity index (χ1n) is 6.21. The second-order valence-corrected chi connectivity index (χ2v) is 5.04. The zero-order valence-electron chi connectivity index (χ0n) is 10.4. The van der Waals surface area contributed by atoms with Crippen molar-refractivity contribution < 1.29 is 9.53 Å². The number of rotatable bonds is 2. The van der Waals surface area contributed by atoms with E-state index < -0.39 is 0 Å². The Bertz CT molecular complexity index is 563. The Kier molecular flexibility index (Phi) is 3.57. The van der Waals surface area contributed by atoms with Gasteiger partial charge >= 0.3 is 0 Å². The molecule has 98 valence electrons. The molecule has 1 aromatic carbocycles. The van der Waals surface area contributed by atoms with Gasteiger partial charge in [0, 0.05) is 29.6 Å². The van der Waals surface area contributed by atoms with E-state index in [0.29, 0.717) is 26.3 Å². The molecule has 1 aliphatic heterocycles. The zero-order chi connectivity index (χ0) is 13.1. The van der Waals surface area contributed by atoms with Gasteiger partial charge in [0.2, 0.25) is 0 Å². The fraction of sp³-hybridized carbons (Fsp3) is 0.286. The molecule has 0 spiro atoms. The van der Waals surface area contributed by atoms with Crippen LogP contribution in [0.15, 0.2) is 35.2 Å². The van der Waals surface area contributed by atoms with Gasteiger partial charge in [0.05, 0.1) is 24.4 Å². The van der Waals surface area contributed by atoms with Crippen molar-refractivity contribution in [2.75, 3.05) is 26.3 Å². The molecule has 0 saturated carbocycles. The van der Waals surface area contributed by atoms with Crippen molar-refractivity contribution in [3.8, 4) is 11.3 Å². The van der Waals surface area contributed by atoms with Gasteiger partial charge in [0.25, 0.3) is 5.91 Å². The Hall–Kier alpha value is -1.72. The van der Waals surface area contributed by atoms with Gasteiger partial charge in [-0.1, -0.05) is 18.2 Å². The molecule has 19 heavy (non-hydrogen) atoms. The van der Waals surface area contributed by atoms with Crippen molar-refractivity contribution in [2.24, 2.45) is 0 Å². The van der Waals surface area contributed by atoms with Gasteiger partial charge in [-0.15, -0.1) is 11.3 Å². The van der Waals surface area contributed by atoms with Gasteiger partial charge in [-0.2, -0.15) is 0 Å². The largest absolute Gasteiger partial charge is 0.378 e. The number of hydrogen-bond acceptors (Lipinski definition) is 4. The molecule has 1 aliphatic rings. The van der Waals surface area contributed by atoms with Gasteiger partial charge < -0.3 is 9.64 Å². The average molecular weight is 274 g/mol. The van der Waals surface area contributed by atoms with E-state index in [1.165, 1.54) is 11.3 Å². The van der Waals surface area contributed by atoms with Gasteiger partial charge in [-0.3, -0.25) is 4.79 Å². The third kappa shape index (κ3) is 2.52. The number of thiazole rings is 1. The maximum atomic E-state index is 12.6. The summed E-state index contributed by atoms with van der Waals surface area (Å²) in [5.74, 6) is 0.0619. The Balaban J connectivity index is 1.94. The monoisotopic (exact) mass is 274 g/mol. The topological polar surface area (TPSA) is 42.4 Å². The highest BCUT2D eigenvalue weighted by Crippen LogP contribution is 2.24. The highest BCUT2D eigenvalue weighted by molar-refractivity contribution is 7.07. The van der Waals surface area contributed by atoms with Crippen LogP contribution in [0.1, 0.15) is 10.4 Å². The number of aromatic nitrogens is 1. The number of nitrogens with zero attached hydrogens (tertiary/aromatic N) is 2. The lowest BCUT2D eigenvalue weighted by molar-refractivity contribution is 0.0303. The van der Waals surface area contributed by atoms with Crippen LogP contribution in [0.25, 0.3) is 11.3 Å². The lowest BCUT2D eigenvalue weighted by Crippen LogP contribution is -2.40. The number of benzene rings is 1. The molecule has 3 rings (SSSR count). The van der Waals surface area contributed by atoms with Gasteiger partial charge in [0.1, 0.15) is 0 Å². The summed E-state index contributed by atoms with van der Waals surface area (Å²) in [5, 5.41) is 1.96. The second-order valence-electron chi connectivity index (χ2n) is 4.32. The van der Waals surface area contributed by atoms with Crippen molar-refractivity contribution in [3.63, 3.8) is 0 Å². The number of carbonyl (C=O) groups excluding carboxylic acids is 1. The molecule has 0 aliphatic carbocycles. The molecule has 4 nitrogen and oxygen atoms in total. The van der Waals surface area contributed by atoms with Crippen LogP contribution in [0.5, 0.6) is 0 Å². The Morgan fingerprint density at radius 2 is 2.05 bits per heavy atom. The van der Waals surface area contributed by atoms with E-state index in [0.717, 1.165) is 16.8 Å². The summed E-state index contributed by atoms with van der Waals surface area (Å²) in [5.41, 5.74) is 4.27. The fourth-order valence-electron chi connectivity index (χ4n) is 2.18. The lowest BCUT2D eigenvalue weighted by atomic mass is 10.0. The molecular formula is C14H14N2O2S. The van der Waals surface area contributed by atoms with Gasteiger partial charge in [0.15, 0.2) is 0 Å². The van der Waals surface area contributed by atoms with Gasteiger partial charge in [-0.25, -0.2) is 4.98 Å². The smallest absolute Gasteiger partial charge is 0.254 e. The van der Waals surface area contributed by atoms with Crippen LogP contribution in [0, 0.1) is 0 Å². The summed E-state index contributed by atoms with van der Waals surface area (Å²) in [6.45, 7) is 2.55. The summed E-state index contributed by atoms with van der Waals surface area (Å²) in [4.78, 5) is 18.7. The molecule has 2 aromatic rings. The van der Waals surface area contributed by atoms with E-state index >= 15 is 0 Å². The molecule has 0 radical (unpaired) electrons. The summed E-state index contributed by atoms with van der Waals surface area (Å²) >= 11 is 1.53. The summed E-state index contributed by atoms with van der Waals surface area (Å²) in [6.07, 6.45) is 0. The van der Waals surface area contributed by atoms with E-state index in [2.05, 4.69) is 4.98 Å². The molecule has 0 unspecified atom stereocenters. The highest BCUT2D eigenvalue weighted by Gasteiger charge is 2.21. The quantitative estimate of drug-likeness (QED) is 0.843. The van der Waals surface area contributed by atoms with Crippen LogP contribution in [-0.2, 0) is 4.74 Å². The Morgan fingerprint density at radius 3 is 2.79 bits per heavy atom. The molecule has 2 heterocycles. The van der Waals surface area contributed by atoms with Gasteiger partial charge in [-0.05, 0) is 6.07 Å². The maximum Gasteiger partial charge on any atom is 0.254 e. The van der Waals surface area contributed by atoms with E-state index in [1.807, 2.05) is 34.5 Å². The highest BCUT2D eigenvalue weighted by atomic mass is 32.1. The minimum Gasteiger partial charge on any atom is -0.378 e. The summed E-state index contributed by atoms with van der Waals surface area (Å²) in [7, 11) is 0. The van der Waals surface area contributed by atoms with Crippen molar-refractivity contribution in [1.29, 1.82) is 0 Å². The fourth-order valence-corrected chi connectivity index (χ4v) is 2.73. The van der Waals surface area contributed by atoms with E-state index in [4.69, 9.17) is 4.74 Å². The number of carbonyl (C=O) groups is 1. The van der Waals surface area contributed by atoms with Crippen LogP contribution in [0.2, 0.25) is 0 Å². The SMILES string of the molecule is O=C(c1ccccc1-c1cscn1)N1CCOCC1. The third-order valence-corrected chi connectivity index (χ3v) is 3.75. The summed E-state index contributed by atoms with van der Waals surface area (Å²) < 4.78 is 5.28. The van der Waals surface area contributed by atoms with Crippen LogP contribution < -0.4 is 0 Å². The molecule has 0 bridgehead atoms. The average Bonchev–Trinajstić information content (AvgIpc) is 3.01. The predicted octanol–water partition coefficient (Wildman–Crippen LogP) is 2.28. The third-order valence-electron chi connectivity index (χ3n) is 3.16. The Morgan fingerprint density at radius 1 is 1.26 bits per heavy atom. The van der Waals surface area contributed by atoms with Crippen LogP contribution in [0.4, 0.5) is 0 Å². The first-order chi connectivity index (χ1) is 9.36. The molecule has 1 amide bonds. The number of amides is 1. The standard InChI is InChI=1S/C14H14N2O2S/c17-14(16-5-7-18-8-6-16)12-4-2-1-3-11(12)13-9-19-10-15-13/h1-4,9-10H,5-8H2. The first kappa shape index (κ1) is 12.3. The molecule has 1 saturated heterocycles. The number of hydrogen-bond donors (Lipinski definition) is 0. The second kappa shape index (κ2) is 5.50. The number of morpholine rings is 1. The van der Waals surface area contributed by atoms with E-state index in [-0.39, 0.29) is 5.91 Å². The van der Waals surface area contributed by atoms with E-state index in [1.54, 1.807) is 5.51 Å². The molecule has 0 N–H and O–H groups in total. The minimum absolute atomic E-state index is 0.0619. The molecule has 5 heteroatoms. The van der Waals surface area contributed by atoms with Crippen LogP contribution >= 0.6 is 11.3 Å². The molecule has 1 fully saturated rings. The van der Waals surface area contributed by atoms with Crippen molar-refractivity contribution in [1.82, 2.24) is 9.88 Å². The lowest BCUT2D eigenvalue weighted by Gasteiger charge is -2.27. The van der Waals surface area contributed by atoms with Crippen molar-refractivity contribution in [2.45, 2.75) is 0 Å². The molecular weight excluding hydrogens is 260 g/mol. The zero-order valence-corrected chi connectivity index (χ0v) is 11.2. The molecule has 0 atom stereocenters. The van der Waals surface area contributed by atoms with E-state index in [9.17, 15) is 4.79 Å². The number of ether oxygens (including phenoxy) is 1. The summed E-state index contributed by atoms with van der Waals surface area (Å²) in [6, 6.07) is 7.64. The van der Waals surface area contributed by atoms with Crippen LogP contribution in [0.3, 0.4) is 0 Å². The minimum atomic E-state index is 0.0619. The Labute approximate surface area is 115 Å². The van der Waals surface area contributed by atoms with Crippen molar-refractivity contribution in [3.05, 3.63) is 40.7 Å². The van der Waals surface area contributed by atoms with Crippen LogP contribution in [-0.4, -0.2) is 42.1 Å². The predicted molar refractivity (Wildman–Crippen MR) is 74.3 cm³/mol. The maximum absolute atomic E-state index is 12.6.